The van der Waals surface area contributed by atoms with Crippen LogP contribution in [0.2, 0.25) is 0 Å². The van der Waals surface area contributed by atoms with Crippen molar-refractivity contribution in [1.82, 2.24) is 0 Å². The van der Waals surface area contributed by atoms with Gasteiger partial charge in [-0.25, -0.2) is 4.39 Å². The molecular formula is C16H14FNO2. The third kappa shape index (κ3) is 3.34. The molecule has 0 heterocycles. The smallest absolute Gasteiger partial charge is 0.126 e. The van der Waals surface area contributed by atoms with E-state index in [4.69, 9.17) is 10.00 Å². The van der Waals surface area contributed by atoms with Crippen molar-refractivity contribution in [3.05, 3.63) is 65.0 Å². The summed E-state index contributed by atoms with van der Waals surface area (Å²) in [5.41, 5.74) is 1.70. The monoisotopic (exact) mass is 271 g/mol. The highest BCUT2D eigenvalue weighted by molar-refractivity contribution is 5.33. The van der Waals surface area contributed by atoms with Crippen molar-refractivity contribution in [2.75, 3.05) is 6.61 Å². The highest BCUT2D eigenvalue weighted by Crippen LogP contribution is 2.19. The second-order valence-electron chi connectivity index (χ2n) is 4.47. The van der Waals surface area contributed by atoms with Gasteiger partial charge in [-0.15, -0.1) is 0 Å². The molecule has 0 bridgehead atoms. The van der Waals surface area contributed by atoms with E-state index < -0.39 is 6.10 Å². The molecular weight excluding hydrogens is 257 g/mol. The third-order valence-corrected chi connectivity index (χ3v) is 2.96. The normalized spacial score (nSPS) is 11.7. The van der Waals surface area contributed by atoms with E-state index in [1.54, 1.807) is 37.3 Å². The predicted octanol–water partition coefficient (Wildman–Crippen LogP) is 3.12. The molecule has 2 rings (SSSR count). The van der Waals surface area contributed by atoms with Gasteiger partial charge in [0.15, 0.2) is 0 Å². The van der Waals surface area contributed by atoms with E-state index in [0.29, 0.717) is 22.4 Å². The van der Waals surface area contributed by atoms with Crippen molar-refractivity contribution in [3.8, 4) is 11.8 Å². The number of hydrogen-bond acceptors (Lipinski definition) is 3. The van der Waals surface area contributed by atoms with Gasteiger partial charge < -0.3 is 9.84 Å². The Balaban J connectivity index is 1.99. The van der Waals surface area contributed by atoms with Gasteiger partial charge in [0, 0.05) is 0 Å². The molecule has 3 nitrogen and oxygen atoms in total. The Kier molecular flexibility index (Phi) is 4.34. The van der Waals surface area contributed by atoms with Crippen LogP contribution in [0.5, 0.6) is 5.75 Å². The summed E-state index contributed by atoms with van der Waals surface area (Å²) in [5.74, 6) is 0.224. The molecule has 0 radical (unpaired) electrons. The van der Waals surface area contributed by atoms with Crippen LogP contribution >= 0.6 is 0 Å². The van der Waals surface area contributed by atoms with Gasteiger partial charge in [-0.05, 0) is 48.4 Å². The number of aliphatic hydroxyl groups is 1. The zero-order chi connectivity index (χ0) is 14.5. The van der Waals surface area contributed by atoms with Gasteiger partial charge in [0.05, 0.1) is 11.6 Å². The highest BCUT2D eigenvalue weighted by atomic mass is 19.1. The van der Waals surface area contributed by atoms with Crippen LogP contribution in [-0.2, 0) is 0 Å². The van der Waals surface area contributed by atoms with Gasteiger partial charge in [-0.2, -0.15) is 5.26 Å². The van der Waals surface area contributed by atoms with Gasteiger partial charge in [-0.1, -0.05) is 12.1 Å². The van der Waals surface area contributed by atoms with E-state index in [1.165, 1.54) is 12.1 Å². The Morgan fingerprint density at radius 3 is 2.55 bits per heavy atom. The average molecular weight is 271 g/mol. The van der Waals surface area contributed by atoms with Crippen LogP contribution in [0.4, 0.5) is 4.39 Å². The van der Waals surface area contributed by atoms with Gasteiger partial charge in [-0.3, -0.25) is 0 Å². The maximum atomic E-state index is 13.1. The predicted molar refractivity (Wildman–Crippen MR) is 72.7 cm³/mol. The van der Waals surface area contributed by atoms with Crippen LogP contribution in [0.15, 0.2) is 42.5 Å². The summed E-state index contributed by atoms with van der Waals surface area (Å²) in [6, 6.07) is 13.1. The lowest BCUT2D eigenvalue weighted by Crippen LogP contribution is -2.09. The molecule has 2 aromatic carbocycles. The van der Waals surface area contributed by atoms with Crippen molar-refractivity contribution in [3.63, 3.8) is 0 Å². The molecule has 0 aromatic heterocycles. The molecule has 0 saturated carbocycles. The number of nitrogens with zero attached hydrogens (tertiary/aromatic N) is 1. The number of aliphatic hydroxyl groups excluding tert-OH is 1. The first-order chi connectivity index (χ1) is 9.60. The van der Waals surface area contributed by atoms with Crippen LogP contribution in [0.25, 0.3) is 0 Å². The number of nitriles is 1. The van der Waals surface area contributed by atoms with E-state index in [9.17, 15) is 9.50 Å². The van der Waals surface area contributed by atoms with E-state index in [2.05, 4.69) is 0 Å². The van der Waals surface area contributed by atoms with Crippen LogP contribution in [0.1, 0.15) is 22.8 Å². The van der Waals surface area contributed by atoms with Gasteiger partial charge in [0.25, 0.3) is 0 Å². The quantitative estimate of drug-likeness (QED) is 0.929. The first-order valence-electron chi connectivity index (χ1n) is 6.17. The molecule has 20 heavy (non-hydrogen) atoms. The van der Waals surface area contributed by atoms with Gasteiger partial charge >= 0.3 is 0 Å². The molecule has 0 aliphatic heterocycles. The van der Waals surface area contributed by atoms with Crippen LogP contribution in [0, 0.1) is 24.1 Å². The minimum Gasteiger partial charge on any atom is -0.491 e. The summed E-state index contributed by atoms with van der Waals surface area (Å²) in [4.78, 5) is 0. The minimum atomic E-state index is -0.798. The van der Waals surface area contributed by atoms with Crippen molar-refractivity contribution in [2.24, 2.45) is 0 Å². The second-order valence-corrected chi connectivity index (χ2v) is 4.47. The average Bonchev–Trinajstić information content (AvgIpc) is 2.48. The summed E-state index contributed by atoms with van der Waals surface area (Å²) < 4.78 is 18.5. The molecule has 0 saturated heterocycles. The molecule has 0 fully saturated rings. The number of aryl methyl sites for hydroxylation is 1. The summed E-state index contributed by atoms with van der Waals surface area (Å²) >= 11 is 0. The lowest BCUT2D eigenvalue weighted by atomic mass is 10.1. The fraction of sp³-hybridized carbons (Fsp3) is 0.188. The summed E-state index contributed by atoms with van der Waals surface area (Å²) in [6.45, 7) is 1.72. The van der Waals surface area contributed by atoms with Gasteiger partial charge in [0.2, 0.25) is 0 Å². The van der Waals surface area contributed by atoms with E-state index in [-0.39, 0.29) is 12.4 Å². The molecule has 1 N–H and O–H groups in total. The topological polar surface area (TPSA) is 53.2 Å². The number of rotatable bonds is 4. The Labute approximate surface area is 116 Å². The largest absolute Gasteiger partial charge is 0.491 e. The fourth-order valence-electron chi connectivity index (χ4n) is 1.76. The molecule has 0 amide bonds. The minimum absolute atomic E-state index is 0.0664. The molecule has 0 aliphatic rings. The zero-order valence-electron chi connectivity index (χ0n) is 11.0. The molecule has 1 atom stereocenters. The number of halogens is 1. The maximum absolute atomic E-state index is 13.1. The molecule has 0 aliphatic carbocycles. The Morgan fingerprint density at radius 1 is 1.25 bits per heavy atom. The summed E-state index contributed by atoms with van der Waals surface area (Å²) in [5, 5.41) is 18.7. The molecule has 2 aromatic rings. The summed E-state index contributed by atoms with van der Waals surface area (Å²) in [6.07, 6.45) is -0.798. The van der Waals surface area contributed by atoms with Crippen LogP contribution < -0.4 is 4.74 Å². The van der Waals surface area contributed by atoms with Crippen molar-refractivity contribution >= 4 is 0 Å². The van der Waals surface area contributed by atoms with Crippen molar-refractivity contribution in [1.29, 1.82) is 5.26 Å². The first kappa shape index (κ1) is 14.0. The SMILES string of the molecule is Cc1cc(OCC(O)c2ccc(C#N)cc2)ccc1F. The number of benzene rings is 2. The fourth-order valence-corrected chi connectivity index (χ4v) is 1.76. The van der Waals surface area contributed by atoms with Crippen LogP contribution in [-0.4, -0.2) is 11.7 Å². The van der Waals surface area contributed by atoms with Crippen molar-refractivity contribution < 1.29 is 14.2 Å². The van der Waals surface area contributed by atoms with E-state index in [0.717, 1.165) is 0 Å². The summed E-state index contributed by atoms with van der Waals surface area (Å²) in [7, 11) is 0. The Morgan fingerprint density at radius 2 is 1.95 bits per heavy atom. The Hall–Kier alpha value is -2.38. The van der Waals surface area contributed by atoms with E-state index >= 15 is 0 Å². The lowest BCUT2D eigenvalue weighted by Gasteiger charge is -2.13. The van der Waals surface area contributed by atoms with E-state index in [1.807, 2.05) is 6.07 Å². The molecule has 102 valence electrons. The third-order valence-electron chi connectivity index (χ3n) is 2.96. The highest BCUT2D eigenvalue weighted by Gasteiger charge is 2.09. The first-order valence-corrected chi connectivity index (χ1v) is 6.17. The molecule has 1 unspecified atom stereocenters. The second kappa shape index (κ2) is 6.18. The molecule has 4 heteroatoms. The Bertz CT molecular complexity index is 632. The standard InChI is InChI=1S/C16H14FNO2/c1-11-8-14(6-7-15(11)17)20-10-16(19)13-4-2-12(9-18)3-5-13/h2-8,16,19H,10H2,1H3. The van der Waals surface area contributed by atoms with Crippen LogP contribution in [0.3, 0.4) is 0 Å². The lowest BCUT2D eigenvalue weighted by molar-refractivity contribution is 0.108. The zero-order valence-corrected chi connectivity index (χ0v) is 11.0. The molecule has 0 spiro atoms. The maximum Gasteiger partial charge on any atom is 0.126 e. The number of hydrogen-bond donors (Lipinski definition) is 1. The number of ether oxygens (including phenoxy) is 1. The van der Waals surface area contributed by atoms with Crippen molar-refractivity contribution in [2.45, 2.75) is 13.0 Å². The van der Waals surface area contributed by atoms with Gasteiger partial charge in [0.1, 0.15) is 24.3 Å².